The van der Waals surface area contributed by atoms with Crippen molar-refractivity contribution in [1.29, 1.82) is 0 Å². The normalized spacial score (nSPS) is 21.6. The molecule has 0 aromatic carbocycles. The number of halogens is 2. The van der Waals surface area contributed by atoms with Crippen LogP contribution in [0.4, 0.5) is 13.6 Å². The standard InChI is InChI=1S/C16H27F2NO4/c1-10(2)11(19-13(22)23-14(3,4)5)15(12(20)21)6-8-16(17,18)9-7-15/h10-11H,6-9H2,1-5H3,(H,19,22)(H,20,21). The van der Waals surface area contributed by atoms with Gasteiger partial charge in [-0.3, -0.25) is 4.79 Å². The van der Waals surface area contributed by atoms with Gasteiger partial charge < -0.3 is 15.2 Å². The smallest absolute Gasteiger partial charge is 0.407 e. The van der Waals surface area contributed by atoms with Crippen molar-refractivity contribution < 1.29 is 28.2 Å². The van der Waals surface area contributed by atoms with Gasteiger partial charge in [0.1, 0.15) is 5.60 Å². The molecular formula is C16H27F2NO4. The lowest BCUT2D eigenvalue weighted by Crippen LogP contribution is -2.57. The summed E-state index contributed by atoms with van der Waals surface area (Å²) in [6.07, 6.45) is -2.05. The van der Waals surface area contributed by atoms with Crippen LogP contribution in [-0.4, -0.2) is 34.7 Å². The Balaban J connectivity index is 3.00. The van der Waals surface area contributed by atoms with Gasteiger partial charge in [0, 0.05) is 12.8 Å². The number of carboxylic acid groups (broad SMARTS) is 1. The zero-order valence-corrected chi connectivity index (χ0v) is 14.4. The highest BCUT2D eigenvalue weighted by Gasteiger charge is 2.53. The number of carboxylic acids is 1. The molecule has 0 aliphatic heterocycles. The van der Waals surface area contributed by atoms with Crippen molar-refractivity contribution in [2.24, 2.45) is 11.3 Å². The van der Waals surface area contributed by atoms with Gasteiger partial charge in [-0.15, -0.1) is 0 Å². The molecule has 23 heavy (non-hydrogen) atoms. The third kappa shape index (κ3) is 5.04. The number of amides is 1. The van der Waals surface area contributed by atoms with E-state index < -0.39 is 47.9 Å². The van der Waals surface area contributed by atoms with Crippen LogP contribution in [-0.2, 0) is 9.53 Å². The fourth-order valence-electron chi connectivity index (χ4n) is 3.10. The van der Waals surface area contributed by atoms with Gasteiger partial charge in [0.2, 0.25) is 5.92 Å². The van der Waals surface area contributed by atoms with Crippen LogP contribution in [0, 0.1) is 11.3 Å². The molecule has 0 heterocycles. The van der Waals surface area contributed by atoms with Gasteiger partial charge in [0.15, 0.2) is 0 Å². The molecule has 0 aromatic heterocycles. The van der Waals surface area contributed by atoms with Crippen LogP contribution >= 0.6 is 0 Å². The summed E-state index contributed by atoms with van der Waals surface area (Å²) in [7, 11) is 0. The second-order valence-electron chi connectivity index (χ2n) is 7.69. The third-order valence-electron chi connectivity index (χ3n) is 4.23. The molecule has 0 spiro atoms. The van der Waals surface area contributed by atoms with Crippen LogP contribution in [0.15, 0.2) is 0 Å². The minimum absolute atomic E-state index is 0.173. The molecule has 2 N–H and O–H groups in total. The number of nitrogens with one attached hydrogen (secondary N) is 1. The van der Waals surface area contributed by atoms with Crippen molar-refractivity contribution in [3.05, 3.63) is 0 Å². The average molecular weight is 335 g/mol. The maximum Gasteiger partial charge on any atom is 0.407 e. The van der Waals surface area contributed by atoms with E-state index >= 15 is 0 Å². The van der Waals surface area contributed by atoms with Gasteiger partial charge in [0.25, 0.3) is 0 Å². The third-order valence-corrected chi connectivity index (χ3v) is 4.23. The molecule has 0 radical (unpaired) electrons. The Hall–Kier alpha value is -1.40. The fourth-order valence-corrected chi connectivity index (χ4v) is 3.10. The SMILES string of the molecule is CC(C)C(NC(=O)OC(C)(C)C)C1(C(=O)O)CCC(F)(F)CC1. The molecule has 5 nitrogen and oxygen atoms in total. The average Bonchev–Trinajstić information content (AvgIpc) is 2.34. The van der Waals surface area contributed by atoms with Gasteiger partial charge >= 0.3 is 12.1 Å². The number of carbonyl (C=O) groups is 2. The molecule has 0 bridgehead atoms. The number of aliphatic carboxylic acids is 1. The van der Waals surface area contributed by atoms with Gasteiger partial charge in [-0.2, -0.15) is 0 Å². The summed E-state index contributed by atoms with van der Waals surface area (Å²) in [4.78, 5) is 23.9. The highest BCUT2D eigenvalue weighted by molar-refractivity contribution is 5.78. The Morgan fingerprint density at radius 2 is 1.61 bits per heavy atom. The lowest BCUT2D eigenvalue weighted by atomic mass is 9.65. The van der Waals surface area contributed by atoms with Crippen molar-refractivity contribution in [2.45, 2.75) is 77.9 Å². The Kier molecular flexibility index (Phi) is 5.65. The van der Waals surface area contributed by atoms with Crippen molar-refractivity contribution >= 4 is 12.1 Å². The van der Waals surface area contributed by atoms with Crippen molar-refractivity contribution in [2.75, 3.05) is 0 Å². The summed E-state index contributed by atoms with van der Waals surface area (Å²) in [5.74, 6) is -4.22. The van der Waals surface area contributed by atoms with Gasteiger partial charge in [-0.25, -0.2) is 13.6 Å². The monoisotopic (exact) mass is 335 g/mol. The van der Waals surface area contributed by atoms with Gasteiger partial charge in [0.05, 0.1) is 11.5 Å². The predicted octanol–water partition coefficient (Wildman–Crippen LogP) is 3.82. The minimum atomic E-state index is -2.84. The summed E-state index contributed by atoms with van der Waals surface area (Å²) in [5, 5.41) is 12.3. The Labute approximate surface area is 135 Å². The maximum absolute atomic E-state index is 13.5. The van der Waals surface area contributed by atoms with Crippen LogP contribution in [0.5, 0.6) is 0 Å². The fraction of sp³-hybridized carbons (Fsp3) is 0.875. The van der Waals surface area contributed by atoms with E-state index in [4.69, 9.17) is 4.74 Å². The van der Waals surface area contributed by atoms with E-state index in [1.807, 2.05) is 0 Å². The molecule has 1 aliphatic rings. The second-order valence-corrected chi connectivity index (χ2v) is 7.69. The molecule has 0 aromatic rings. The van der Waals surface area contributed by atoms with Crippen LogP contribution in [0.2, 0.25) is 0 Å². The number of hydrogen-bond acceptors (Lipinski definition) is 3. The number of rotatable bonds is 4. The molecular weight excluding hydrogens is 308 g/mol. The van der Waals surface area contributed by atoms with Gasteiger partial charge in [-0.1, -0.05) is 13.8 Å². The molecule has 1 aliphatic carbocycles. The lowest BCUT2D eigenvalue weighted by molar-refractivity contribution is -0.161. The minimum Gasteiger partial charge on any atom is -0.481 e. The zero-order valence-electron chi connectivity index (χ0n) is 14.4. The summed E-state index contributed by atoms with van der Waals surface area (Å²) in [5.41, 5.74) is -2.12. The molecule has 1 amide bonds. The molecule has 1 rings (SSSR count). The summed E-state index contributed by atoms with van der Waals surface area (Å²) in [6, 6.07) is -0.772. The topological polar surface area (TPSA) is 75.6 Å². The first-order valence-corrected chi connectivity index (χ1v) is 7.90. The Bertz CT molecular complexity index is 447. The first-order chi connectivity index (χ1) is 10.3. The van der Waals surface area contributed by atoms with Crippen LogP contribution < -0.4 is 5.32 Å². The molecule has 7 heteroatoms. The van der Waals surface area contributed by atoms with Crippen molar-refractivity contribution in [1.82, 2.24) is 5.32 Å². The molecule has 1 saturated carbocycles. The summed E-state index contributed by atoms with van der Waals surface area (Å²) < 4.78 is 32.1. The molecule has 1 unspecified atom stereocenters. The largest absolute Gasteiger partial charge is 0.481 e. The highest BCUT2D eigenvalue weighted by atomic mass is 19.3. The highest BCUT2D eigenvalue weighted by Crippen LogP contribution is 2.47. The summed E-state index contributed by atoms with van der Waals surface area (Å²) in [6.45, 7) is 8.63. The van der Waals surface area contributed by atoms with Crippen LogP contribution in [0.3, 0.4) is 0 Å². The Morgan fingerprint density at radius 1 is 1.13 bits per heavy atom. The Morgan fingerprint density at radius 3 is 1.96 bits per heavy atom. The molecule has 134 valence electrons. The van der Waals surface area contributed by atoms with E-state index in [1.165, 1.54) is 0 Å². The zero-order chi connectivity index (χ0) is 18.1. The van der Waals surface area contributed by atoms with Crippen molar-refractivity contribution in [3.63, 3.8) is 0 Å². The number of alkyl carbamates (subject to hydrolysis) is 1. The van der Waals surface area contributed by atoms with E-state index in [0.717, 1.165) is 0 Å². The lowest BCUT2D eigenvalue weighted by Gasteiger charge is -2.44. The first kappa shape index (κ1) is 19.6. The molecule has 0 saturated heterocycles. The number of hydrogen-bond donors (Lipinski definition) is 2. The van der Waals surface area contributed by atoms with E-state index in [-0.39, 0.29) is 18.8 Å². The van der Waals surface area contributed by atoms with Crippen LogP contribution in [0.25, 0.3) is 0 Å². The van der Waals surface area contributed by atoms with E-state index in [1.54, 1.807) is 34.6 Å². The summed E-state index contributed by atoms with van der Waals surface area (Å²) >= 11 is 0. The maximum atomic E-state index is 13.5. The quantitative estimate of drug-likeness (QED) is 0.819. The number of alkyl halides is 2. The van der Waals surface area contributed by atoms with E-state index in [9.17, 15) is 23.5 Å². The molecule has 1 atom stereocenters. The second kappa shape index (κ2) is 6.61. The van der Waals surface area contributed by atoms with Crippen molar-refractivity contribution in [3.8, 4) is 0 Å². The van der Waals surface area contributed by atoms with Gasteiger partial charge in [-0.05, 0) is 39.5 Å². The number of ether oxygens (including phenoxy) is 1. The first-order valence-electron chi connectivity index (χ1n) is 7.90. The number of carbonyl (C=O) groups excluding carboxylic acids is 1. The van der Waals surface area contributed by atoms with E-state index in [0.29, 0.717) is 0 Å². The predicted molar refractivity (Wildman–Crippen MR) is 81.5 cm³/mol. The van der Waals surface area contributed by atoms with Crippen LogP contribution in [0.1, 0.15) is 60.3 Å². The molecule has 1 fully saturated rings. The van der Waals surface area contributed by atoms with E-state index in [2.05, 4.69) is 5.32 Å².